The Morgan fingerprint density at radius 2 is 2.00 bits per heavy atom. The summed E-state index contributed by atoms with van der Waals surface area (Å²) in [5.74, 6) is 0.0184. The molecular formula is C20H31FN2O2. The van der Waals surface area contributed by atoms with Gasteiger partial charge in [0.1, 0.15) is 5.82 Å². The van der Waals surface area contributed by atoms with Crippen LogP contribution in [0.5, 0.6) is 0 Å². The Morgan fingerprint density at radius 1 is 1.36 bits per heavy atom. The van der Waals surface area contributed by atoms with Crippen LogP contribution in [0, 0.1) is 18.7 Å². The van der Waals surface area contributed by atoms with Crippen LogP contribution in [-0.4, -0.2) is 61.6 Å². The van der Waals surface area contributed by atoms with Crippen LogP contribution in [0.25, 0.3) is 0 Å². The molecule has 2 rings (SSSR count). The first-order valence-corrected chi connectivity index (χ1v) is 9.12. The second kappa shape index (κ2) is 8.77. The number of rotatable bonds is 6. The van der Waals surface area contributed by atoms with Gasteiger partial charge >= 0.3 is 0 Å². The summed E-state index contributed by atoms with van der Waals surface area (Å²) in [5, 5.41) is 0. The van der Waals surface area contributed by atoms with Gasteiger partial charge < -0.3 is 14.5 Å². The van der Waals surface area contributed by atoms with Crippen molar-refractivity contribution in [2.45, 2.75) is 45.8 Å². The summed E-state index contributed by atoms with van der Waals surface area (Å²) in [5.41, 5.74) is 1.05. The lowest BCUT2D eigenvalue weighted by Crippen LogP contribution is -2.50. The van der Waals surface area contributed by atoms with Crippen LogP contribution in [0.3, 0.4) is 0 Å². The van der Waals surface area contributed by atoms with Crippen LogP contribution in [0.4, 0.5) is 4.39 Å². The number of amides is 1. The molecule has 140 valence electrons. The highest BCUT2D eigenvalue weighted by Crippen LogP contribution is 2.19. The second-order valence-electron chi connectivity index (χ2n) is 7.43. The molecule has 4 nitrogen and oxygen atoms in total. The Balaban J connectivity index is 2.05. The Labute approximate surface area is 150 Å². The lowest BCUT2D eigenvalue weighted by Gasteiger charge is -2.38. The van der Waals surface area contributed by atoms with Crippen molar-refractivity contribution in [3.8, 4) is 0 Å². The van der Waals surface area contributed by atoms with Crippen LogP contribution in [0.15, 0.2) is 18.2 Å². The van der Waals surface area contributed by atoms with E-state index in [2.05, 4.69) is 18.7 Å². The fourth-order valence-electron chi connectivity index (χ4n) is 3.50. The maximum Gasteiger partial charge on any atom is 0.253 e. The molecule has 0 radical (unpaired) electrons. The highest BCUT2D eigenvalue weighted by atomic mass is 19.1. The molecule has 1 fully saturated rings. The number of methoxy groups -OCH3 is 1. The summed E-state index contributed by atoms with van der Waals surface area (Å²) in [6.07, 6.45) is 2.43. The molecule has 0 N–H and O–H groups in total. The van der Waals surface area contributed by atoms with Crippen LogP contribution < -0.4 is 0 Å². The Morgan fingerprint density at radius 3 is 2.52 bits per heavy atom. The van der Waals surface area contributed by atoms with Crippen LogP contribution in [0.2, 0.25) is 0 Å². The summed E-state index contributed by atoms with van der Waals surface area (Å²) >= 11 is 0. The summed E-state index contributed by atoms with van der Waals surface area (Å²) in [4.78, 5) is 17.1. The SMILES string of the molecule is COC1CCN(C[C@H](C(C)C)N(C)C(=O)c2ccc(F)c(C)c2)CC1. The molecule has 0 spiro atoms. The van der Waals surface area contributed by atoms with Crippen molar-refractivity contribution in [2.24, 2.45) is 5.92 Å². The first-order chi connectivity index (χ1) is 11.8. The minimum absolute atomic E-state index is 0.0476. The molecule has 0 saturated carbocycles. The Bertz CT molecular complexity index is 583. The largest absolute Gasteiger partial charge is 0.381 e. The van der Waals surface area contributed by atoms with E-state index in [4.69, 9.17) is 4.74 Å². The van der Waals surface area contributed by atoms with Crippen molar-refractivity contribution in [2.75, 3.05) is 33.8 Å². The number of hydrogen-bond acceptors (Lipinski definition) is 3. The number of carbonyl (C=O) groups is 1. The molecule has 0 aromatic heterocycles. The van der Waals surface area contributed by atoms with E-state index in [1.807, 2.05) is 11.9 Å². The van der Waals surface area contributed by atoms with Crippen molar-refractivity contribution in [3.05, 3.63) is 35.1 Å². The third-order valence-electron chi connectivity index (χ3n) is 5.31. The summed E-state index contributed by atoms with van der Waals surface area (Å²) in [7, 11) is 3.63. The van der Waals surface area contributed by atoms with Gasteiger partial charge in [-0.3, -0.25) is 4.79 Å². The van der Waals surface area contributed by atoms with E-state index >= 15 is 0 Å². The van der Waals surface area contributed by atoms with Gasteiger partial charge in [0, 0.05) is 45.4 Å². The molecule has 0 bridgehead atoms. The number of likely N-dealkylation sites (N-methyl/N-ethyl adjacent to an activating group) is 1. The predicted molar refractivity (Wildman–Crippen MR) is 98.3 cm³/mol. The van der Waals surface area contributed by atoms with Gasteiger partial charge in [-0.1, -0.05) is 13.8 Å². The minimum Gasteiger partial charge on any atom is -0.381 e. The average molecular weight is 350 g/mol. The van der Waals surface area contributed by atoms with E-state index in [0.717, 1.165) is 32.5 Å². The van der Waals surface area contributed by atoms with E-state index in [9.17, 15) is 9.18 Å². The molecule has 0 unspecified atom stereocenters. The summed E-state index contributed by atoms with van der Waals surface area (Å²) in [6, 6.07) is 4.70. The number of nitrogens with zero attached hydrogens (tertiary/aromatic N) is 2. The number of halogens is 1. The van der Waals surface area contributed by atoms with E-state index in [-0.39, 0.29) is 17.8 Å². The van der Waals surface area contributed by atoms with Gasteiger partial charge in [-0.2, -0.15) is 0 Å². The van der Waals surface area contributed by atoms with Gasteiger partial charge in [-0.05, 0) is 49.4 Å². The molecule has 5 heteroatoms. The molecular weight excluding hydrogens is 319 g/mol. The van der Waals surface area contributed by atoms with Gasteiger partial charge in [0.05, 0.1) is 6.10 Å². The van der Waals surface area contributed by atoms with Crippen molar-refractivity contribution in [3.63, 3.8) is 0 Å². The number of hydrogen-bond donors (Lipinski definition) is 0. The van der Waals surface area contributed by atoms with Crippen LogP contribution >= 0.6 is 0 Å². The Hall–Kier alpha value is -1.46. The monoisotopic (exact) mass is 350 g/mol. The molecule has 0 aliphatic carbocycles. The number of benzene rings is 1. The van der Waals surface area contributed by atoms with E-state index in [1.54, 1.807) is 26.2 Å². The number of ether oxygens (including phenoxy) is 1. The van der Waals surface area contributed by atoms with E-state index in [1.165, 1.54) is 6.07 Å². The van der Waals surface area contributed by atoms with Gasteiger partial charge in [0.2, 0.25) is 0 Å². The third kappa shape index (κ3) is 5.02. The first kappa shape index (κ1) is 19.9. The zero-order chi connectivity index (χ0) is 18.6. The van der Waals surface area contributed by atoms with Gasteiger partial charge in [-0.15, -0.1) is 0 Å². The third-order valence-corrected chi connectivity index (χ3v) is 5.31. The lowest BCUT2D eigenvalue weighted by molar-refractivity contribution is 0.0271. The number of piperidine rings is 1. The number of aryl methyl sites for hydroxylation is 1. The molecule has 1 aliphatic rings. The fraction of sp³-hybridized carbons (Fsp3) is 0.650. The molecule has 25 heavy (non-hydrogen) atoms. The summed E-state index contributed by atoms with van der Waals surface area (Å²) < 4.78 is 18.9. The molecule has 1 saturated heterocycles. The molecule has 1 aliphatic heterocycles. The van der Waals surface area contributed by atoms with Crippen LogP contribution in [-0.2, 0) is 4.74 Å². The predicted octanol–water partition coefficient (Wildman–Crippen LogP) is 3.34. The zero-order valence-electron chi connectivity index (χ0n) is 16.1. The normalized spacial score (nSPS) is 17.7. The highest BCUT2D eigenvalue weighted by molar-refractivity contribution is 5.94. The van der Waals surface area contributed by atoms with Gasteiger partial charge in [0.25, 0.3) is 5.91 Å². The molecule has 1 aromatic rings. The number of likely N-dealkylation sites (tertiary alicyclic amines) is 1. The smallest absolute Gasteiger partial charge is 0.253 e. The van der Waals surface area contributed by atoms with Crippen molar-refractivity contribution >= 4 is 5.91 Å². The molecule has 1 heterocycles. The van der Waals surface area contributed by atoms with Gasteiger partial charge in [0.15, 0.2) is 0 Å². The van der Waals surface area contributed by atoms with E-state index < -0.39 is 0 Å². The van der Waals surface area contributed by atoms with Crippen molar-refractivity contribution < 1.29 is 13.9 Å². The number of carbonyl (C=O) groups excluding carboxylic acids is 1. The fourth-order valence-corrected chi connectivity index (χ4v) is 3.50. The molecule has 1 aromatic carbocycles. The molecule has 1 amide bonds. The molecule has 1 atom stereocenters. The Kier molecular flexibility index (Phi) is 6.96. The highest BCUT2D eigenvalue weighted by Gasteiger charge is 2.28. The standard InChI is InChI=1S/C20H31FN2O2/c1-14(2)19(13-23-10-8-17(25-5)9-11-23)22(4)20(24)16-6-7-18(21)15(3)12-16/h6-7,12,14,17,19H,8-11,13H2,1-5H3/t19-/m1/s1. The van der Waals surface area contributed by atoms with Crippen molar-refractivity contribution in [1.29, 1.82) is 0 Å². The average Bonchev–Trinajstić information content (AvgIpc) is 2.61. The maximum absolute atomic E-state index is 13.5. The minimum atomic E-state index is -0.277. The second-order valence-corrected chi connectivity index (χ2v) is 7.43. The summed E-state index contributed by atoms with van der Waals surface area (Å²) in [6.45, 7) is 8.83. The lowest BCUT2D eigenvalue weighted by atomic mass is 9.99. The quantitative estimate of drug-likeness (QED) is 0.789. The zero-order valence-corrected chi connectivity index (χ0v) is 16.1. The van der Waals surface area contributed by atoms with E-state index in [0.29, 0.717) is 23.1 Å². The maximum atomic E-state index is 13.5. The first-order valence-electron chi connectivity index (χ1n) is 9.12. The van der Waals surface area contributed by atoms with Crippen LogP contribution in [0.1, 0.15) is 42.6 Å². The topological polar surface area (TPSA) is 32.8 Å². The van der Waals surface area contributed by atoms with Gasteiger partial charge in [-0.25, -0.2) is 4.39 Å². The van der Waals surface area contributed by atoms with Crippen molar-refractivity contribution in [1.82, 2.24) is 9.80 Å².